The van der Waals surface area contributed by atoms with Crippen LogP contribution in [0.5, 0.6) is 0 Å². The van der Waals surface area contributed by atoms with Crippen LogP contribution in [0.1, 0.15) is 12.8 Å². The van der Waals surface area contributed by atoms with E-state index in [1.807, 2.05) is 0 Å². The van der Waals surface area contributed by atoms with Gasteiger partial charge in [0.05, 0.1) is 0 Å². The van der Waals surface area contributed by atoms with Crippen molar-refractivity contribution in [2.75, 3.05) is 13.1 Å². The molecule has 1 rings (SSSR count). The van der Waals surface area contributed by atoms with E-state index in [0.717, 1.165) is 25.9 Å². The minimum Gasteiger partial charge on any atom is -0.393 e. The van der Waals surface area contributed by atoms with Crippen LogP contribution in [0, 0.1) is 0 Å². The topological polar surface area (TPSA) is 84.4 Å². The van der Waals surface area contributed by atoms with Gasteiger partial charge in [0.1, 0.15) is 5.70 Å². The number of carbonyl (C=O) groups excluding carboxylic acids is 1. The molecule has 68 valence electrons. The Morgan fingerprint density at radius 1 is 1.42 bits per heavy atom. The first-order valence-corrected chi connectivity index (χ1v) is 3.96. The van der Waals surface area contributed by atoms with Gasteiger partial charge in [-0.05, 0) is 12.8 Å². The Balaban J connectivity index is 2.51. The SMILES string of the molecule is NN/C=C(\N)C(=O)N1CCCC1. The lowest BCUT2D eigenvalue weighted by molar-refractivity contribution is -0.126. The van der Waals surface area contributed by atoms with Crippen molar-refractivity contribution in [3.05, 3.63) is 11.9 Å². The molecule has 0 saturated carbocycles. The number of carbonyl (C=O) groups is 1. The lowest BCUT2D eigenvalue weighted by atomic mass is 10.4. The first-order valence-electron chi connectivity index (χ1n) is 3.96. The number of nitrogens with zero attached hydrogens (tertiary/aromatic N) is 1. The molecule has 12 heavy (non-hydrogen) atoms. The van der Waals surface area contributed by atoms with E-state index in [4.69, 9.17) is 11.6 Å². The largest absolute Gasteiger partial charge is 0.393 e. The normalized spacial score (nSPS) is 18.1. The van der Waals surface area contributed by atoms with Gasteiger partial charge in [0, 0.05) is 19.3 Å². The summed E-state index contributed by atoms with van der Waals surface area (Å²) in [5, 5.41) is 0. The molecule has 1 fully saturated rings. The summed E-state index contributed by atoms with van der Waals surface area (Å²) in [4.78, 5) is 13.1. The molecular weight excluding hydrogens is 156 g/mol. The zero-order valence-electron chi connectivity index (χ0n) is 6.92. The van der Waals surface area contributed by atoms with Crippen molar-refractivity contribution in [2.45, 2.75) is 12.8 Å². The van der Waals surface area contributed by atoms with E-state index in [1.165, 1.54) is 6.20 Å². The van der Waals surface area contributed by atoms with E-state index in [2.05, 4.69) is 5.43 Å². The smallest absolute Gasteiger partial charge is 0.271 e. The van der Waals surface area contributed by atoms with Crippen molar-refractivity contribution in [1.82, 2.24) is 10.3 Å². The fourth-order valence-electron chi connectivity index (χ4n) is 1.25. The molecule has 1 aliphatic heterocycles. The third-order valence-corrected chi connectivity index (χ3v) is 1.88. The zero-order valence-corrected chi connectivity index (χ0v) is 6.92. The van der Waals surface area contributed by atoms with Crippen LogP contribution in [-0.4, -0.2) is 23.9 Å². The van der Waals surface area contributed by atoms with E-state index < -0.39 is 0 Å². The molecule has 0 aromatic carbocycles. The minimum atomic E-state index is -0.134. The minimum absolute atomic E-state index is 0.134. The van der Waals surface area contributed by atoms with Crippen molar-refractivity contribution in [1.29, 1.82) is 0 Å². The Morgan fingerprint density at radius 2 is 2.00 bits per heavy atom. The summed E-state index contributed by atoms with van der Waals surface area (Å²) in [7, 11) is 0. The summed E-state index contributed by atoms with van der Waals surface area (Å²) in [6.07, 6.45) is 3.44. The van der Waals surface area contributed by atoms with Gasteiger partial charge < -0.3 is 16.1 Å². The number of hydrazine groups is 1. The quantitative estimate of drug-likeness (QED) is 0.278. The summed E-state index contributed by atoms with van der Waals surface area (Å²) in [5.74, 6) is 4.85. The molecule has 0 radical (unpaired) electrons. The number of hydrogen-bond acceptors (Lipinski definition) is 4. The molecule has 1 saturated heterocycles. The lowest BCUT2D eigenvalue weighted by Crippen LogP contribution is -2.33. The Hall–Kier alpha value is -1.23. The molecule has 5 N–H and O–H groups in total. The van der Waals surface area contributed by atoms with Gasteiger partial charge in [-0.3, -0.25) is 10.6 Å². The summed E-state index contributed by atoms with van der Waals surface area (Å²) in [6, 6.07) is 0. The maximum absolute atomic E-state index is 11.4. The van der Waals surface area contributed by atoms with Crippen LogP contribution >= 0.6 is 0 Å². The van der Waals surface area contributed by atoms with Crippen molar-refractivity contribution >= 4 is 5.91 Å². The fraction of sp³-hybridized carbons (Fsp3) is 0.571. The standard InChI is InChI=1S/C7H14N4O/c8-6(5-10-9)7(12)11-3-1-2-4-11/h5,10H,1-4,8-9H2/b6-5-. The van der Waals surface area contributed by atoms with Crippen LogP contribution in [0.3, 0.4) is 0 Å². The van der Waals surface area contributed by atoms with E-state index >= 15 is 0 Å². The second-order valence-electron chi connectivity index (χ2n) is 2.77. The Kier molecular flexibility index (Phi) is 2.93. The number of likely N-dealkylation sites (tertiary alicyclic amines) is 1. The molecule has 1 aliphatic rings. The second-order valence-corrected chi connectivity index (χ2v) is 2.77. The number of nitrogens with two attached hydrogens (primary N) is 2. The van der Waals surface area contributed by atoms with Crippen LogP contribution in [0.25, 0.3) is 0 Å². The van der Waals surface area contributed by atoms with Crippen molar-refractivity contribution in [3.63, 3.8) is 0 Å². The Bertz CT molecular complexity index is 196. The van der Waals surface area contributed by atoms with E-state index in [0.29, 0.717) is 0 Å². The fourth-order valence-corrected chi connectivity index (χ4v) is 1.25. The molecule has 0 unspecified atom stereocenters. The first-order chi connectivity index (χ1) is 5.75. The number of rotatable bonds is 2. The highest BCUT2D eigenvalue weighted by Crippen LogP contribution is 2.08. The predicted octanol–water partition coefficient (Wildman–Crippen LogP) is -1.13. The monoisotopic (exact) mass is 170 g/mol. The highest BCUT2D eigenvalue weighted by atomic mass is 16.2. The van der Waals surface area contributed by atoms with Gasteiger partial charge in [0.15, 0.2) is 0 Å². The van der Waals surface area contributed by atoms with Gasteiger partial charge in [-0.1, -0.05) is 0 Å². The van der Waals surface area contributed by atoms with Gasteiger partial charge in [-0.25, -0.2) is 0 Å². The number of hydrogen-bond donors (Lipinski definition) is 3. The van der Waals surface area contributed by atoms with Gasteiger partial charge in [-0.15, -0.1) is 0 Å². The molecular formula is C7H14N4O. The van der Waals surface area contributed by atoms with Crippen LogP contribution in [0.4, 0.5) is 0 Å². The van der Waals surface area contributed by atoms with Crippen LogP contribution < -0.4 is 17.0 Å². The first kappa shape index (κ1) is 8.86. The molecule has 0 spiro atoms. The highest BCUT2D eigenvalue weighted by molar-refractivity contribution is 5.92. The summed E-state index contributed by atoms with van der Waals surface area (Å²) in [5.41, 5.74) is 7.84. The Morgan fingerprint density at radius 3 is 2.50 bits per heavy atom. The third-order valence-electron chi connectivity index (χ3n) is 1.88. The molecule has 0 bridgehead atoms. The average molecular weight is 170 g/mol. The molecule has 1 heterocycles. The lowest BCUT2D eigenvalue weighted by Gasteiger charge is -2.14. The second kappa shape index (κ2) is 3.96. The molecule has 5 nitrogen and oxygen atoms in total. The van der Waals surface area contributed by atoms with Crippen LogP contribution in [0.2, 0.25) is 0 Å². The van der Waals surface area contributed by atoms with Gasteiger partial charge >= 0.3 is 0 Å². The van der Waals surface area contributed by atoms with E-state index in [9.17, 15) is 4.79 Å². The summed E-state index contributed by atoms with van der Waals surface area (Å²) >= 11 is 0. The molecule has 0 aromatic rings. The highest BCUT2D eigenvalue weighted by Gasteiger charge is 2.19. The van der Waals surface area contributed by atoms with Gasteiger partial charge in [0.25, 0.3) is 5.91 Å². The maximum atomic E-state index is 11.4. The van der Waals surface area contributed by atoms with Crippen LogP contribution in [0.15, 0.2) is 11.9 Å². The predicted molar refractivity (Wildman–Crippen MR) is 45.4 cm³/mol. The molecule has 0 aliphatic carbocycles. The molecule has 0 atom stereocenters. The third kappa shape index (κ3) is 1.88. The van der Waals surface area contributed by atoms with E-state index in [-0.39, 0.29) is 11.6 Å². The summed E-state index contributed by atoms with van der Waals surface area (Å²) < 4.78 is 0. The van der Waals surface area contributed by atoms with Crippen LogP contribution in [-0.2, 0) is 4.79 Å². The Labute approximate surface area is 71.4 Å². The zero-order chi connectivity index (χ0) is 8.97. The van der Waals surface area contributed by atoms with Gasteiger partial charge in [0.2, 0.25) is 0 Å². The van der Waals surface area contributed by atoms with Gasteiger partial charge in [-0.2, -0.15) is 0 Å². The molecule has 5 heteroatoms. The van der Waals surface area contributed by atoms with Crippen molar-refractivity contribution < 1.29 is 4.79 Å². The van der Waals surface area contributed by atoms with E-state index in [1.54, 1.807) is 4.90 Å². The molecule has 1 amide bonds. The summed E-state index contributed by atoms with van der Waals surface area (Å²) in [6.45, 7) is 1.61. The average Bonchev–Trinajstić information content (AvgIpc) is 2.55. The molecule has 0 aromatic heterocycles. The number of amides is 1. The van der Waals surface area contributed by atoms with Crippen molar-refractivity contribution in [2.24, 2.45) is 11.6 Å². The maximum Gasteiger partial charge on any atom is 0.271 e. The number of nitrogens with one attached hydrogen (secondary N) is 1. The van der Waals surface area contributed by atoms with Crippen molar-refractivity contribution in [3.8, 4) is 0 Å².